The molecule has 0 radical (unpaired) electrons. The molecule has 2 heterocycles. The van der Waals surface area contributed by atoms with Crippen molar-refractivity contribution < 1.29 is 0 Å². The molecule has 0 bridgehead atoms. The van der Waals surface area contributed by atoms with E-state index >= 15 is 0 Å². The molecule has 2 aliphatic rings. The van der Waals surface area contributed by atoms with E-state index in [2.05, 4.69) is 42.2 Å². The maximum Gasteiger partial charge on any atom is 0.0905 e. The molecular weight excluding hydrogens is 314 g/mol. The van der Waals surface area contributed by atoms with Crippen molar-refractivity contribution in [3.63, 3.8) is 0 Å². The number of aryl methyl sites for hydroxylation is 1. The second-order valence-electron chi connectivity index (χ2n) is 7.31. The Morgan fingerprint density at radius 2 is 2.00 bits per heavy atom. The first-order valence-electron chi connectivity index (χ1n) is 9.22. The Labute approximate surface area is 148 Å². The molecule has 1 aromatic carbocycles. The molecule has 0 amide bonds. The van der Waals surface area contributed by atoms with Gasteiger partial charge in [-0.1, -0.05) is 43.2 Å². The van der Waals surface area contributed by atoms with E-state index < -0.39 is 0 Å². The smallest absolute Gasteiger partial charge is 0.0905 e. The predicted octanol–water partition coefficient (Wildman–Crippen LogP) is 4.07. The van der Waals surface area contributed by atoms with E-state index in [1.807, 2.05) is 11.3 Å². The van der Waals surface area contributed by atoms with Crippen LogP contribution in [0.5, 0.6) is 0 Å². The predicted molar refractivity (Wildman–Crippen MR) is 101 cm³/mol. The molecule has 2 aromatic rings. The average molecular weight is 342 g/mol. The summed E-state index contributed by atoms with van der Waals surface area (Å²) in [5, 5.41) is 1.16. The number of benzene rings is 1. The molecule has 3 unspecified atom stereocenters. The zero-order valence-corrected chi connectivity index (χ0v) is 15.3. The first-order valence-corrected chi connectivity index (χ1v) is 10.0. The van der Waals surface area contributed by atoms with E-state index in [0.29, 0.717) is 6.04 Å². The van der Waals surface area contributed by atoms with E-state index in [-0.39, 0.29) is 0 Å². The number of nitrogens with two attached hydrogens (primary N) is 1. The lowest BCUT2D eigenvalue weighted by atomic mass is 9.78. The molecule has 24 heavy (non-hydrogen) atoms. The van der Waals surface area contributed by atoms with Crippen LogP contribution in [-0.2, 0) is 6.54 Å². The van der Waals surface area contributed by atoms with Crippen molar-refractivity contribution in [2.75, 3.05) is 13.1 Å². The van der Waals surface area contributed by atoms with Crippen LogP contribution >= 0.6 is 11.3 Å². The van der Waals surface area contributed by atoms with Crippen molar-refractivity contribution in [1.82, 2.24) is 9.88 Å². The van der Waals surface area contributed by atoms with Crippen LogP contribution in [0.2, 0.25) is 0 Å². The van der Waals surface area contributed by atoms with E-state index in [1.165, 1.54) is 48.4 Å². The van der Waals surface area contributed by atoms with Gasteiger partial charge in [-0.25, -0.2) is 4.98 Å². The Morgan fingerprint density at radius 3 is 2.79 bits per heavy atom. The van der Waals surface area contributed by atoms with Crippen molar-refractivity contribution in [1.29, 1.82) is 0 Å². The maximum atomic E-state index is 6.19. The van der Waals surface area contributed by atoms with Crippen molar-refractivity contribution in [3.8, 4) is 11.3 Å². The SMILES string of the molecule is Cc1nc(-c2ccccc2)c(CN2CC3CCCCC3C2CN)s1. The van der Waals surface area contributed by atoms with E-state index in [1.54, 1.807) is 0 Å². The first kappa shape index (κ1) is 16.2. The van der Waals surface area contributed by atoms with Gasteiger partial charge in [0.05, 0.1) is 10.7 Å². The molecule has 1 aromatic heterocycles. The molecule has 2 fully saturated rings. The zero-order chi connectivity index (χ0) is 16.5. The number of fused-ring (bicyclic) bond motifs is 1. The molecule has 128 valence electrons. The molecule has 0 spiro atoms. The van der Waals surface area contributed by atoms with Gasteiger partial charge < -0.3 is 5.73 Å². The summed E-state index contributed by atoms with van der Waals surface area (Å²) in [4.78, 5) is 8.88. The fraction of sp³-hybridized carbons (Fsp3) is 0.550. The van der Waals surface area contributed by atoms with Gasteiger partial charge in [-0.3, -0.25) is 4.90 Å². The van der Waals surface area contributed by atoms with Crippen LogP contribution < -0.4 is 5.73 Å². The normalized spacial score (nSPS) is 27.3. The first-order chi connectivity index (χ1) is 11.8. The Kier molecular flexibility index (Phi) is 4.70. The third-order valence-corrected chi connectivity index (χ3v) is 6.80. The van der Waals surface area contributed by atoms with Crippen LogP contribution in [0.4, 0.5) is 0 Å². The molecule has 1 saturated carbocycles. The Bertz CT molecular complexity index is 681. The summed E-state index contributed by atoms with van der Waals surface area (Å²) < 4.78 is 0. The quantitative estimate of drug-likeness (QED) is 0.911. The molecule has 2 N–H and O–H groups in total. The highest BCUT2D eigenvalue weighted by Crippen LogP contribution is 2.41. The van der Waals surface area contributed by atoms with Crippen LogP contribution in [0.3, 0.4) is 0 Å². The minimum Gasteiger partial charge on any atom is -0.329 e. The standard InChI is InChI=1S/C20H27N3S/c1-14-22-20(15-7-3-2-4-8-15)19(24-14)13-23-12-16-9-5-6-10-17(16)18(23)11-21/h2-4,7-8,16-18H,5-6,9-13,21H2,1H3. The molecule has 1 aliphatic carbocycles. The van der Waals surface area contributed by atoms with Crippen molar-refractivity contribution in [2.45, 2.75) is 45.2 Å². The number of rotatable bonds is 4. The van der Waals surface area contributed by atoms with Crippen molar-refractivity contribution in [2.24, 2.45) is 17.6 Å². The van der Waals surface area contributed by atoms with Gasteiger partial charge in [-0.05, 0) is 31.6 Å². The van der Waals surface area contributed by atoms with Gasteiger partial charge in [0.15, 0.2) is 0 Å². The van der Waals surface area contributed by atoms with Crippen molar-refractivity contribution >= 4 is 11.3 Å². The van der Waals surface area contributed by atoms with Gasteiger partial charge in [0.1, 0.15) is 0 Å². The monoisotopic (exact) mass is 341 g/mol. The van der Waals surface area contributed by atoms with Crippen LogP contribution in [0, 0.1) is 18.8 Å². The summed E-state index contributed by atoms with van der Waals surface area (Å²) in [6.07, 6.45) is 5.56. The van der Waals surface area contributed by atoms with E-state index in [9.17, 15) is 0 Å². The fourth-order valence-corrected chi connectivity index (χ4v) is 5.75. The number of hydrogen-bond acceptors (Lipinski definition) is 4. The minimum absolute atomic E-state index is 0.557. The number of likely N-dealkylation sites (tertiary alicyclic amines) is 1. The topological polar surface area (TPSA) is 42.2 Å². The average Bonchev–Trinajstić information content (AvgIpc) is 3.15. The van der Waals surface area contributed by atoms with E-state index in [4.69, 9.17) is 10.7 Å². The highest BCUT2D eigenvalue weighted by molar-refractivity contribution is 7.12. The number of thiazole rings is 1. The third kappa shape index (κ3) is 3.03. The molecule has 3 atom stereocenters. The lowest BCUT2D eigenvalue weighted by Crippen LogP contribution is -2.38. The Hall–Kier alpha value is -1.23. The summed E-state index contributed by atoms with van der Waals surface area (Å²) in [7, 11) is 0. The van der Waals surface area contributed by atoms with Gasteiger partial charge in [0, 0.05) is 36.1 Å². The van der Waals surface area contributed by atoms with Gasteiger partial charge in [0.25, 0.3) is 0 Å². The summed E-state index contributed by atoms with van der Waals surface area (Å²) >= 11 is 1.85. The Balaban J connectivity index is 1.59. The van der Waals surface area contributed by atoms with Gasteiger partial charge in [-0.2, -0.15) is 0 Å². The van der Waals surface area contributed by atoms with Crippen LogP contribution in [0.25, 0.3) is 11.3 Å². The molecule has 1 aliphatic heterocycles. The van der Waals surface area contributed by atoms with Gasteiger partial charge in [0.2, 0.25) is 0 Å². The summed E-state index contributed by atoms with van der Waals surface area (Å²) in [6.45, 7) is 5.13. The second-order valence-corrected chi connectivity index (χ2v) is 8.60. The number of nitrogens with zero attached hydrogens (tertiary/aromatic N) is 2. The molecule has 3 nitrogen and oxygen atoms in total. The summed E-state index contributed by atoms with van der Waals surface area (Å²) in [6, 6.07) is 11.2. The fourth-order valence-electron chi connectivity index (χ4n) is 4.77. The molecular formula is C20H27N3S. The van der Waals surface area contributed by atoms with Crippen molar-refractivity contribution in [3.05, 3.63) is 40.2 Å². The van der Waals surface area contributed by atoms with Crippen LogP contribution in [0.1, 0.15) is 35.6 Å². The molecule has 4 heteroatoms. The lowest BCUT2D eigenvalue weighted by Gasteiger charge is -2.29. The van der Waals surface area contributed by atoms with Crippen LogP contribution in [-0.4, -0.2) is 29.0 Å². The minimum atomic E-state index is 0.557. The Morgan fingerprint density at radius 1 is 1.21 bits per heavy atom. The zero-order valence-electron chi connectivity index (χ0n) is 14.4. The number of aromatic nitrogens is 1. The summed E-state index contributed by atoms with van der Waals surface area (Å²) in [5.74, 6) is 1.68. The molecule has 1 saturated heterocycles. The van der Waals surface area contributed by atoms with Crippen LogP contribution in [0.15, 0.2) is 30.3 Å². The van der Waals surface area contributed by atoms with E-state index in [0.717, 1.165) is 29.9 Å². The number of hydrogen-bond donors (Lipinski definition) is 1. The highest BCUT2D eigenvalue weighted by Gasteiger charge is 2.41. The maximum absolute atomic E-state index is 6.19. The largest absolute Gasteiger partial charge is 0.329 e. The lowest BCUT2D eigenvalue weighted by molar-refractivity contribution is 0.211. The highest BCUT2D eigenvalue weighted by atomic mass is 32.1. The second kappa shape index (κ2) is 6.95. The molecule has 4 rings (SSSR count). The summed E-state index contributed by atoms with van der Waals surface area (Å²) in [5.41, 5.74) is 8.59. The third-order valence-electron chi connectivity index (χ3n) is 5.84. The van der Waals surface area contributed by atoms with Gasteiger partial charge in [-0.15, -0.1) is 11.3 Å². The van der Waals surface area contributed by atoms with Gasteiger partial charge >= 0.3 is 0 Å².